The molecule has 2 aromatic rings. The molecule has 0 bridgehead atoms. The summed E-state index contributed by atoms with van der Waals surface area (Å²) in [4.78, 5) is 17.7. The van der Waals surface area contributed by atoms with Crippen molar-refractivity contribution in [2.75, 3.05) is 19.7 Å². The predicted octanol–water partition coefficient (Wildman–Crippen LogP) is 1.62. The Balaban J connectivity index is 1.45. The number of likely N-dealkylation sites (tertiary alicyclic amines) is 1. The van der Waals surface area contributed by atoms with Gasteiger partial charge in [-0.15, -0.1) is 0 Å². The molecule has 1 aliphatic rings. The monoisotopic (exact) mass is 309 g/mol. The Kier molecular flexibility index (Phi) is 4.39. The van der Waals surface area contributed by atoms with Crippen LogP contribution in [0, 0.1) is 11.3 Å². The number of para-hydroxylation sites is 1. The first-order valence-electron chi connectivity index (χ1n) is 7.23. The fourth-order valence-electron chi connectivity index (χ4n) is 2.20. The molecule has 6 nitrogen and oxygen atoms in total. The molecule has 2 heterocycles. The van der Waals surface area contributed by atoms with E-state index < -0.39 is 0 Å². The van der Waals surface area contributed by atoms with Crippen LogP contribution in [0.25, 0.3) is 0 Å². The lowest BCUT2D eigenvalue weighted by molar-refractivity contribution is -0.142. The minimum atomic E-state index is -0.141. The number of amides is 1. The van der Waals surface area contributed by atoms with Gasteiger partial charge in [-0.05, 0) is 24.3 Å². The van der Waals surface area contributed by atoms with Crippen molar-refractivity contribution in [2.45, 2.75) is 6.10 Å². The molecule has 0 radical (unpaired) electrons. The van der Waals surface area contributed by atoms with Gasteiger partial charge in [-0.1, -0.05) is 18.2 Å². The van der Waals surface area contributed by atoms with Crippen LogP contribution in [0.4, 0.5) is 0 Å². The van der Waals surface area contributed by atoms with E-state index in [0.717, 1.165) is 0 Å². The molecule has 0 saturated carbocycles. The number of carbonyl (C=O) groups excluding carboxylic acids is 1. The number of benzene rings is 1. The average Bonchev–Trinajstić information content (AvgIpc) is 2.57. The Morgan fingerprint density at radius 2 is 2.04 bits per heavy atom. The fraction of sp³-hybridized carbons (Fsp3) is 0.235. The van der Waals surface area contributed by atoms with Crippen molar-refractivity contribution in [1.29, 1.82) is 5.26 Å². The van der Waals surface area contributed by atoms with E-state index in [9.17, 15) is 4.79 Å². The Morgan fingerprint density at radius 1 is 1.26 bits per heavy atom. The third-order valence-corrected chi connectivity index (χ3v) is 3.48. The smallest absolute Gasteiger partial charge is 0.260 e. The van der Waals surface area contributed by atoms with Gasteiger partial charge in [0.1, 0.15) is 23.5 Å². The molecule has 116 valence electrons. The van der Waals surface area contributed by atoms with E-state index in [1.165, 1.54) is 0 Å². The maximum absolute atomic E-state index is 12.0. The number of aromatic nitrogens is 1. The summed E-state index contributed by atoms with van der Waals surface area (Å²) >= 11 is 0. The number of ether oxygens (including phenoxy) is 2. The zero-order valence-corrected chi connectivity index (χ0v) is 12.4. The van der Waals surface area contributed by atoms with E-state index in [1.807, 2.05) is 24.3 Å². The molecule has 6 heteroatoms. The highest BCUT2D eigenvalue weighted by Gasteiger charge is 2.33. The van der Waals surface area contributed by atoms with Crippen LogP contribution in [-0.4, -0.2) is 41.6 Å². The number of hydrogen-bond donors (Lipinski definition) is 0. The molecule has 1 fully saturated rings. The first-order chi connectivity index (χ1) is 11.3. The number of carbonyl (C=O) groups is 1. The van der Waals surface area contributed by atoms with E-state index in [-0.39, 0.29) is 18.6 Å². The molecule has 23 heavy (non-hydrogen) atoms. The minimum Gasteiger partial charge on any atom is -0.484 e. The van der Waals surface area contributed by atoms with E-state index in [0.29, 0.717) is 30.3 Å². The Morgan fingerprint density at radius 3 is 2.78 bits per heavy atom. The molecule has 1 amide bonds. The number of nitriles is 1. The molecule has 1 saturated heterocycles. The molecular weight excluding hydrogens is 294 g/mol. The summed E-state index contributed by atoms with van der Waals surface area (Å²) in [5.41, 5.74) is 0.393. The van der Waals surface area contributed by atoms with Gasteiger partial charge in [0, 0.05) is 6.20 Å². The summed E-state index contributed by atoms with van der Waals surface area (Å²) in [5, 5.41) is 8.99. The highest BCUT2D eigenvalue weighted by atomic mass is 16.5. The van der Waals surface area contributed by atoms with E-state index in [1.54, 1.807) is 35.4 Å². The second-order valence-corrected chi connectivity index (χ2v) is 5.11. The second kappa shape index (κ2) is 6.79. The largest absolute Gasteiger partial charge is 0.484 e. The van der Waals surface area contributed by atoms with Gasteiger partial charge < -0.3 is 14.4 Å². The molecule has 0 aliphatic carbocycles. The van der Waals surface area contributed by atoms with Crippen molar-refractivity contribution in [3.05, 3.63) is 54.2 Å². The molecule has 1 aliphatic heterocycles. The van der Waals surface area contributed by atoms with Gasteiger partial charge >= 0.3 is 0 Å². The lowest BCUT2D eigenvalue weighted by Crippen LogP contribution is -2.57. The van der Waals surface area contributed by atoms with Gasteiger partial charge in [0.25, 0.3) is 5.91 Å². The third-order valence-electron chi connectivity index (χ3n) is 3.48. The zero-order chi connectivity index (χ0) is 16.1. The van der Waals surface area contributed by atoms with Crippen LogP contribution in [0.2, 0.25) is 0 Å². The van der Waals surface area contributed by atoms with E-state index >= 15 is 0 Å². The maximum Gasteiger partial charge on any atom is 0.260 e. The Bertz CT molecular complexity index is 721. The highest BCUT2D eigenvalue weighted by molar-refractivity contribution is 5.78. The van der Waals surface area contributed by atoms with Gasteiger partial charge in [0.05, 0.1) is 13.1 Å². The van der Waals surface area contributed by atoms with Crippen molar-refractivity contribution < 1.29 is 14.3 Å². The summed E-state index contributed by atoms with van der Waals surface area (Å²) < 4.78 is 11.1. The molecule has 0 atom stereocenters. The standard InChI is InChI=1S/C17H15N3O3/c18-9-13-5-4-8-19-17(13)23-15-10-20(11-15)16(21)12-22-14-6-2-1-3-7-14/h1-8,15H,10-12H2. The third kappa shape index (κ3) is 3.58. The van der Waals surface area contributed by atoms with Crippen molar-refractivity contribution in [1.82, 2.24) is 9.88 Å². The van der Waals surface area contributed by atoms with Crippen LogP contribution in [-0.2, 0) is 4.79 Å². The quantitative estimate of drug-likeness (QED) is 0.839. The second-order valence-electron chi connectivity index (χ2n) is 5.11. The molecule has 0 spiro atoms. The van der Waals surface area contributed by atoms with Crippen LogP contribution >= 0.6 is 0 Å². The number of nitrogens with zero attached hydrogens (tertiary/aromatic N) is 3. The summed E-state index contributed by atoms with van der Waals surface area (Å²) in [5.74, 6) is 0.893. The van der Waals surface area contributed by atoms with Crippen LogP contribution in [0.15, 0.2) is 48.7 Å². The molecule has 0 N–H and O–H groups in total. The summed E-state index contributed by atoms with van der Waals surface area (Å²) in [6.07, 6.45) is 1.43. The van der Waals surface area contributed by atoms with Gasteiger partial charge in [-0.2, -0.15) is 5.26 Å². The maximum atomic E-state index is 12.0. The number of hydrogen-bond acceptors (Lipinski definition) is 5. The predicted molar refractivity (Wildman–Crippen MR) is 81.9 cm³/mol. The van der Waals surface area contributed by atoms with Gasteiger partial charge in [-0.3, -0.25) is 4.79 Å². The SMILES string of the molecule is N#Cc1cccnc1OC1CN(C(=O)COc2ccccc2)C1. The topological polar surface area (TPSA) is 75.5 Å². The fourth-order valence-corrected chi connectivity index (χ4v) is 2.20. The lowest BCUT2D eigenvalue weighted by Gasteiger charge is -2.38. The van der Waals surface area contributed by atoms with Crippen LogP contribution in [0.1, 0.15) is 5.56 Å². The summed E-state index contributed by atoms with van der Waals surface area (Å²) in [6, 6.07) is 14.6. The zero-order valence-electron chi connectivity index (χ0n) is 12.4. The molecule has 3 rings (SSSR count). The summed E-state index contributed by atoms with van der Waals surface area (Å²) in [7, 11) is 0. The minimum absolute atomic E-state index is 0.00374. The van der Waals surface area contributed by atoms with E-state index in [4.69, 9.17) is 14.7 Å². The highest BCUT2D eigenvalue weighted by Crippen LogP contribution is 2.19. The summed E-state index contributed by atoms with van der Waals surface area (Å²) in [6.45, 7) is 0.945. The van der Waals surface area contributed by atoms with Crippen LogP contribution in [0.3, 0.4) is 0 Å². The van der Waals surface area contributed by atoms with Crippen molar-refractivity contribution in [3.63, 3.8) is 0 Å². The average molecular weight is 309 g/mol. The van der Waals surface area contributed by atoms with Crippen molar-refractivity contribution in [3.8, 4) is 17.7 Å². The van der Waals surface area contributed by atoms with E-state index in [2.05, 4.69) is 4.98 Å². The molecule has 1 aromatic carbocycles. The first kappa shape index (κ1) is 14.9. The van der Waals surface area contributed by atoms with Crippen LogP contribution < -0.4 is 9.47 Å². The van der Waals surface area contributed by atoms with Gasteiger partial charge in [-0.25, -0.2) is 4.98 Å². The van der Waals surface area contributed by atoms with Gasteiger partial charge in [0.15, 0.2) is 6.61 Å². The first-order valence-corrected chi connectivity index (χ1v) is 7.23. The molecule has 1 aromatic heterocycles. The van der Waals surface area contributed by atoms with Gasteiger partial charge in [0.2, 0.25) is 5.88 Å². The number of rotatable bonds is 5. The van der Waals surface area contributed by atoms with Crippen molar-refractivity contribution >= 4 is 5.91 Å². The lowest BCUT2D eigenvalue weighted by atomic mass is 10.1. The molecule has 0 unspecified atom stereocenters. The van der Waals surface area contributed by atoms with Crippen molar-refractivity contribution in [2.24, 2.45) is 0 Å². The Hall–Kier alpha value is -3.07. The van der Waals surface area contributed by atoms with Crippen LogP contribution in [0.5, 0.6) is 11.6 Å². The Labute approximate surface area is 133 Å². The number of pyridine rings is 1. The molecular formula is C17H15N3O3. The normalized spacial score (nSPS) is 13.8.